The maximum absolute atomic E-state index is 13.2. The van der Waals surface area contributed by atoms with Crippen LogP contribution in [0.2, 0.25) is 0 Å². The van der Waals surface area contributed by atoms with E-state index >= 15 is 0 Å². The Bertz CT molecular complexity index is 724. The third-order valence-corrected chi connectivity index (χ3v) is 10.2. The van der Waals surface area contributed by atoms with E-state index in [1.54, 1.807) is 0 Å². The van der Waals surface area contributed by atoms with Crippen LogP contribution in [0.4, 0.5) is 0 Å². The molecule has 0 spiro atoms. The summed E-state index contributed by atoms with van der Waals surface area (Å²) in [5.41, 5.74) is 3.18. The summed E-state index contributed by atoms with van der Waals surface area (Å²) in [6, 6.07) is 0. The number of carbonyl (C=O) groups is 1. The molecule has 0 unspecified atom stereocenters. The van der Waals surface area contributed by atoms with E-state index in [9.17, 15) is 4.79 Å². The second kappa shape index (κ2) is 4.52. The Hall–Kier alpha value is -0.850. The third-order valence-electron chi connectivity index (χ3n) is 10.2. The topological polar surface area (TPSA) is 17.1 Å². The van der Waals surface area contributed by atoms with Crippen LogP contribution < -0.4 is 0 Å². The molecule has 4 rings (SSSR count). The Balaban J connectivity index is 1.95. The van der Waals surface area contributed by atoms with Gasteiger partial charge in [0.1, 0.15) is 0 Å². The molecule has 1 nitrogen and oxygen atoms in total. The summed E-state index contributed by atoms with van der Waals surface area (Å²) >= 11 is 0. The van der Waals surface area contributed by atoms with Gasteiger partial charge in [-0.15, -0.1) is 0 Å². The largest absolute Gasteiger partial charge is 0.294 e. The minimum absolute atomic E-state index is 0.164. The molecule has 1 heteroatoms. The van der Waals surface area contributed by atoms with Gasteiger partial charge in [0.2, 0.25) is 0 Å². The van der Waals surface area contributed by atoms with E-state index in [4.69, 9.17) is 0 Å². The monoisotopic (exact) mass is 340 g/mol. The van der Waals surface area contributed by atoms with Crippen LogP contribution in [0.1, 0.15) is 68.7 Å². The fourth-order valence-corrected chi connectivity index (χ4v) is 8.34. The van der Waals surface area contributed by atoms with Crippen molar-refractivity contribution in [3.8, 4) is 0 Å². The van der Waals surface area contributed by atoms with Crippen LogP contribution in [0.3, 0.4) is 0 Å². The number of ketones is 1. The first-order valence-corrected chi connectivity index (χ1v) is 10.2. The number of hydrogen-bond donors (Lipinski definition) is 0. The average molecular weight is 341 g/mol. The van der Waals surface area contributed by atoms with Gasteiger partial charge in [0.05, 0.1) is 0 Å². The Morgan fingerprint density at radius 1 is 0.960 bits per heavy atom. The Labute approximate surface area is 154 Å². The second-order valence-corrected chi connectivity index (χ2v) is 11.2. The van der Waals surface area contributed by atoms with Crippen LogP contribution in [0.25, 0.3) is 0 Å². The number of rotatable bonds is 0. The fourth-order valence-electron chi connectivity index (χ4n) is 8.34. The average Bonchev–Trinajstić information content (AvgIpc) is 2.91. The van der Waals surface area contributed by atoms with Gasteiger partial charge in [-0.2, -0.15) is 0 Å². The van der Waals surface area contributed by atoms with E-state index < -0.39 is 0 Å². The van der Waals surface area contributed by atoms with Crippen molar-refractivity contribution in [1.82, 2.24) is 0 Å². The van der Waals surface area contributed by atoms with Gasteiger partial charge in [-0.05, 0) is 71.7 Å². The molecule has 0 bridgehead atoms. The molecular formula is C24H36O. The fraction of sp³-hybridized carbons (Fsp3) is 0.792. The lowest BCUT2D eigenvalue weighted by Crippen LogP contribution is -2.52. The minimum Gasteiger partial charge on any atom is -0.294 e. The predicted molar refractivity (Wildman–Crippen MR) is 104 cm³/mol. The van der Waals surface area contributed by atoms with E-state index in [0.29, 0.717) is 40.3 Å². The summed E-state index contributed by atoms with van der Waals surface area (Å²) in [5, 5.41) is 0. The molecule has 2 saturated carbocycles. The molecule has 0 heterocycles. The molecule has 0 amide bonds. The summed E-state index contributed by atoms with van der Waals surface area (Å²) in [4.78, 5) is 13.2. The molecule has 0 N–H and O–H groups in total. The highest BCUT2D eigenvalue weighted by molar-refractivity contribution is 6.02. The molecule has 0 radical (unpaired) electrons. The zero-order valence-electron chi connectivity index (χ0n) is 17.7. The molecule has 25 heavy (non-hydrogen) atoms. The molecule has 0 aromatic rings. The van der Waals surface area contributed by atoms with E-state index in [-0.39, 0.29) is 10.8 Å². The minimum atomic E-state index is -0.241. The molecule has 0 aromatic heterocycles. The lowest BCUT2D eigenvalue weighted by Gasteiger charge is -2.55. The van der Waals surface area contributed by atoms with Crippen LogP contribution in [-0.4, -0.2) is 5.78 Å². The molecule has 8 atom stereocenters. The lowest BCUT2D eigenvalue weighted by molar-refractivity contribution is -0.130. The number of Topliss-reactive ketones (excluding diaryl/α,β-unsaturated/α-hetero) is 1. The summed E-state index contributed by atoms with van der Waals surface area (Å²) < 4.78 is 0. The summed E-state index contributed by atoms with van der Waals surface area (Å²) in [7, 11) is 0. The van der Waals surface area contributed by atoms with Crippen molar-refractivity contribution in [3.05, 3.63) is 23.3 Å². The van der Waals surface area contributed by atoms with E-state index in [1.165, 1.54) is 5.57 Å². The van der Waals surface area contributed by atoms with Gasteiger partial charge in [-0.25, -0.2) is 0 Å². The quantitative estimate of drug-likeness (QED) is 0.490. The standard InChI is InChI=1S/C24H36O/c1-13-10-17-19-21(5,6)24(19,9)16(4)15(3)23(17,8)18-11-14(2)20(25)22(18,7)12-13/h10-11,15-19H,12H2,1-9H3/t15-,16-,17+,18-,19-,22+,23+,24-/m1/s1. The number of allylic oxidation sites excluding steroid dienone is 4. The predicted octanol–water partition coefficient (Wildman–Crippen LogP) is 6.06. The maximum atomic E-state index is 13.2. The number of carbonyl (C=O) groups excluding carboxylic acids is 1. The van der Waals surface area contributed by atoms with Gasteiger partial charge >= 0.3 is 0 Å². The first kappa shape index (κ1) is 17.6. The van der Waals surface area contributed by atoms with Crippen molar-refractivity contribution in [2.75, 3.05) is 0 Å². The molecule has 0 saturated heterocycles. The van der Waals surface area contributed by atoms with Crippen molar-refractivity contribution in [2.24, 2.45) is 51.2 Å². The zero-order chi connectivity index (χ0) is 18.7. The van der Waals surface area contributed by atoms with E-state index in [1.807, 2.05) is 6.92 Å². The Morgan fingerprint density at radius 2 is 1.56 bits per heavy atom. The van der Waals surface area contributed by atoms with Gasteiger partial charge in [0.25, 0.3) is 0 Å². The van der Waals surface area contributed by atoms with E-state index in [0.717, 1.165) is 17.9 Å². The third kappa shape index (κ3) is 1.65. The molecule has 2 fully saturated rings. The molecule has 0 aromatic carbocycles. The lowest BCUT2D eigenvalue weighted by atomic mass is 9.48. The normalized spacial score (nSPS) is 56.2. The molecule has 138 valence electrons. The number of fused-ring (bicyclic) bond motifs is 5. The molecule has 0 aliphatic heterocycles. The van der Waals surface area contributed by atoms with Crippen LogP contribution in [-0.2, 0) is 4.79 Å². The van der Waals surface area contributed by atoms with Crippen molar-refractivity contribution in [3.63, 3.8) is 0 Å². The second-order valence-electron chi connectivity index (χ2n) is 11.2. The zero-order valence-corrected chi connectivity index (χ0v) is 17.7. The highest BCUT2D eigenvalue weighted by Gasteiger charge is 2.79. The van der Waals surface area contributed by atoms with Gasteiger partial charge in [0.15, 0.2) is 5.78 Å². The van der Waals surface area contributed by atoms with Crippen LogP contribution in [0.5, 0.6) is 0 Å². The van der Waals surface area contributed by atoms with Crippen LogP contribution >= 0.6 is 0 Å². The van der Waals surface area contributed by atoms with Crippen LogP contribution in [0, 0.1) is 51.2 Å². The van der Waals surface area contributed by atoms with Crippen molar-refractivity contribution in [1.29, 1.82) is 0 Å². The first-order chi connectivity index (χ1) is 11.3. The maximum Gasteiger partial charge on any atom is 0.165 e. The first-order valence-electron chi connectivity index (χ1n) is 10.2. The van der Waals surface area contributed by atoms with Crippen LogP contribution in [0.15, 0.2) is 23.3 Å². The highest BCUT2D eigenvalue weighted by atomic mass is 16.1. The molecule has 4 aliphatic rings. The van der Waals surface area contributed by atoms with Gasteiger partial charge in [0, 0.05) is 5.41 Å². The van der Waals surface area contributed by atoms with Gasteiger partial charge < -0.3 is 0 Å². The SMILES string of the molecule is CC1=C[C@H]2[C@@H]3C(C)(C)[C@]3(C)[C@H](C)[C@@H](C)[C@]2(C)[C@@H]2C=C(C)C(=O)[C@@]2(C)C1. The van der Waals surface area contributed by atoms with Crippen molar-refractivity contribution >= 4 is 5.78 Å². The summed E-state index contributed by atoms with van der Waals surface area (Å²) in [6.45, 7) is 21.6. The van der Waals surface area contributed by atoms with Gasteiger partial charge in [-0.3, -0.25) is 4.79 Å². The van der Waals surface area contributed by atoms with Gasteiger partial charge in [-0.1, -0.05) is 66.2 Å². The Kier molecular flexibility index (Phi) is 3.17. The summed E-state index contributed by atoms with van der Waals surface area (Å²) in [5.74, 6) is 3.38. The smallest absolute Gasteiger partial charge is 0.165 e. The Morgan fingerprint density at radius 3 is 2.16 bits per heavy atom. The summed E-state index contributed by atoms with van der Waals surface area (Å²) in [6.07, 6.45) is 5.89. The van der Waals surface area contributed by atoms with Crippen molar-refractivity contribution in [2.45, 2.75) is 68.7 Å². The highest BCUT2D eigenvalue weighted by Crippen LogP contribution is 2.83. The van der Waals surface area contributed by atoms with E-state index in [2.05, 4.69) is 67.5 Å². The molecular weight excluding hydrogens is 304 g/mol. The molecule has 4 aliphatic carbocycles. The number of hydrogen-bond acceptors (Lipinski definition) is 1. The van der Waals surface area contributed by atoms with Crippen molar-refractivity contribution < 1.29 is 4.79 Å².